The van der Waals surface area contributed by atoms with Crippen molar-refractivity contribution in [1.29, 1.82) is 0 Å². The fraction of sp³-hybridized carbons (Fsp3) is 0.273. The van der Waals surface area contributed by atoms with Crippen LogP contribution in [0.3, 0.4) is 0 Å². The highest BCUT2D eigenvalue weighted by Crippen LogP contribution is 2.14. The Hall–Kier alpha value is -2.44. The number of aryl methyl sites for hydroxylation is 1. The molecule has 2 rings (SSSR count). The fourth-order valence-electron chi connectivity index (χ4n) is 1.24. The second-order valence-corrected chi connectivity index (χ2v) is 3.41. The quantitative estimate of drug-likeness (QED) is 0.756. The van der Waals surface area contributed by atoms with E-state index in [-0.39, 0.29) is 6.01 Å². The van der Waals surface area contributed by atoms with Crippen molar-refractivity contribution in [3.63, 3.8) is 0 Å². The number of esters is 1. The summed E-state index contributed by atoms with van der Waals surface area (Å²) in [5.41, 5.74) is 0.373. The van der Waals surface area contributed by atoms with Crippen LogP contribution in [-0.4, -0.2) is 32.3 Å². The molecule has 0 atom stereocenters. The van der Waals surface area contributed by atoms with Gasteiger partial charge in [0.1, 0.15) is 6.33 Å². The standard InChI is InChI=1S/C11H12N4O3/c1-3-17-10(16)8-4-5-9(12-6-8)18-11-13-7-15(2)14-11/h4-7H,3H2,1-2H3. The van der Waals surface area contributed by atoms with Gasteiger partial charge in [0.2, 0.25) is 5.88 Å². The average molecular weight is 248 g/mol. The van der Waals surface area contributed by atoms with Crippen molar-refractivity contribution >= 4 is 5.97 Å². The summed E-state index contributed by atoms with van der Waals surface area (Å²) in [6.45, 7) is 2.07. The third kappa shape index (κ3) is 2.82. The lowest BCUT2D eigenvalue weighted by atomic mass is 10.3. The summed E-state index contributed by atoms with van der Waals surface area (Å²) in [6.07, 6.45) is 2.90. The lowest BCUT2D eigenvalue weighted by Gasteiger charge is -2.02. The first kappa shape index (κ1) is 12.0. The number of ether oxygens (including phenoxy) is 2. The number of pyridine rings is 1. The maximum absolute atomic E-state index is 11.4. The predicted octanol–water partition coefficient (Wildman–Crippen LogP) is 1.18. The first-order valence-electron chi connectivity index (χ1n) is 5.35. The Kier molecular flexibility index (Phi) is 3.52. The molecule has 0 fully saturated rings. The van der Waals surface area contributed by atoms with Gasteiger partial charge in [0.15, 0.2) is 0 Å². The molecular weight excluding hydrogens is 236 g/mol. The van der Waals surface area contributed by atoms with E-state index in [0.29, 0.717) is 18.1 Å². The molecule has 0 N–H and O–H groups in total. The summed E-state index contributed by atoms with van der Waals surface area (Å²) >= 11 is 0. The van der Waals surface area contributed by atoms with Gasteiger partial charge in [-0.1, -0.05) is 0 Å². The molecule has 2 aromatic heterocycles. The second-order valence-electron chi connectivity index (χ2n) is 3.41. The molecule has 0 aliphatic carbocycles. The van der Waals surface area contributed by atoms with Crippen LogP contribution < -0.4 is 4.74 Å². The van der Waals surface area contributed by atoms with E-state index in [4.69, 9.17) is 9.47 Å². The van der Waals surface area contributed by atoms with Gasteiger partial charge < -0.3 is 9.47 Å². The molecule has 0 saturated heterocycles. The molecule has 0 unspecified atom stereocenters. The number of rotatable bonds is 4. The lowest BCUT2D eigenvalue weighted by Crippen LogP contribution is -2.05. The van der Waals surface area contributed by atoms with Gasteiger partial charge in [0.05, 0.1) is 12.2 Å². The Morgan fingerprint density at radius 2 is 2.22 bits per heavy atom. The number of aromatic nitrogens is 4. The van der Waals surface area contributed by atoms with Crippen LogP contribution in [0.5, 0.6) is 11.9 Å². The highest BCUT2D eigenvalue weighted by molar-refractivity contribution is 5.89. The summed E-state index contributed by atoms with van der Waals surface area (Å²) in [5.74, 6) is -0.0956. The van der Waals surface area contributed by atoms with Crippen LogP contribution in [0.15, 0.2) is 24.7 Å². The van der Waals surface area contributed by atoms with Crippen molar-refractivity contribution < 1.29 is 14.3 Å². The summed E-state index contributed by atoms with van der Waals surface area (Å²) in [5, 5.41) is 3.94. The molecule has 0 spiro atoms. The Balaban J connectivity index is 2.05. The van der Waals surface area contributed by atoms with Crippen molar-refractivity contribution in [3.05, 3.63) is 30.2 Å². The van der Waals surface area contributed by atoms with Crippen LogP contribution in [-0.2, 0) is 11.8 Å². The minimum Gasteiger partial charge on any atom is -0.462 e. The normalized spacial score (nSPS) is 10.1. The Labute approximate surface area is 103 Å². The minimum atomic E-state index is -0.410. The van der Waals surface area contributed by atoms with Crippen molar-refractivity contribution in [3.8, 4) is 11.9 Å². The van der Waals surface area contributed by atoms with Gasteiger partial charge in [-0.05, 0) is 13.0 Å². The van der Waals surface area contributed by atoms with Gasteiger partial charge in [-0.25, -0.2) is 9.78 Å². The van der Waals surface area contributed by atoms with Gasteiger partial charge >= 0.3 is 12.0 Å². The maximum atomic E-state index is 11.4. The number of carbonyl (C=O) groups is 1. The molecule has 18 heavy (non-hydrogen) atoms. The zero-order valence-corrected chi connectivity index (χ0v) is 10.0. The minimum absolute atomic E-state index is 0.203. The van der Waals surface area contributed by atoms with Gasteiger partial charge in [0, 0.05) is 19.3 Å². The second kappa shape index (κ2) is 5.26. The topological polar surface area (TPSA) is 79.1 Å². The SMILES string of the molecule is CCOC(=O)c1ccc(Oc2ncn(C)n2)nc1. The van der Waals surface area contributed by atoms with Crippen LogP contribution in [0.1, 0.15) is 17.3 Å². The number of hydrogen-bond donors (Lipinski definition) is 0. The van der Waals surface area contributed by atoms with E-state index in [1.165, 1.54) is 17.2 Å². The third-order valence-corrected chi connectivity index (χ3v) is 2.02. The van der Waals surface area contributed by atoms with E-state index >= 15 is 0 Å². The van der Waals surface area contributed by atoms with E-state index in [2.05, 4.69) is 15.1 Å². The predicted molar refractivity (Wildman–Crippen MR) is 61.3 cm³/mol. The smallest absolute Gasteiger partial charge is 0.342 e. The Bertz CT molecular complexity index is 535. The molecule has 0 aromatic carbocycles. The number of carbonyl (C=O) groups excluding carboxylic acids is 1. The molecule has 7 nitrogen and oxygen atoms in total. The summed E-state index contributed by atoms with van der Waals surface area (Å²) < 4.78 is 11.6. The summed E-state index contributed by atoms with van der Waals surface area (Å²) in [4.78, 5) is 19.3. The molecule has 7 heteroatoms. The van der Waals surface area contributed by atoms with Crippen LogP contribution in [0.2, 0.25) is 0 Å². The zero-order valence-electron chi connectivity index (χ0n) is 10.0. The first-order chi connectivity index (χ1) is 8.69. The average Bonchev–Trinajstić information content (AvgIpc) is 2.76. The highest BCUT2D eigenvalue weighted by atomic mass is 16.5. The molecule has 94 valence electrons. The molecule has 0 aliphatic heterocycles. The van der Waals surface area contributed by atoms with E-state index in [9.17, 15) is 4.79 Å². The van der Waals surface area contributed by atoms with Gasteiger partial charge in [-0.15, -0.1) is 5.10 Å². The third-order valence-electron chi connectivity index (χ3n) is 2.02. The van der Waals surface area contributed by atoms with Crippen LogP contribution in [0, 0.1) is 0 Å². The van der Waals surface area contributed by atoms with Crippen LogP contribution in [0.25, 0.3) is 0 Å². The van der Waals surface area contributed by atoms with E-state index < -0.39 is 5.97 Å². The van der Waals surface area contributed by atoms with E-state index in [1.54, 1.807) is 26.1 Å². The van der Waals surface area contributed by atoms with Gasteiger partial charge in [-0.2, -0.15) is 4.98 Å². The van der Waals surface area contributed by atoms with E-state index in [1.807, 2.05) is 0 Å². The maximum Gasteiger partial charge on any atom is 0.342 e. The molecule has 0 bridgehead atoms. The van der Waals surface area contributed by atoms with Crippen molar-refractivity contribution in [2.24, 2.45) is 7.05 Å². The molecule has 2 heterocycles. The summed E-state index contributed by atoms with van der Waals surface area (Å²) in [7, 11) is 1.73. The van der Waals surface area contributed by atoms with Crippen LogP contribution in [0.4, 0.5) is 0 Å². The largest absolute Gasteiger partial charge is 0.462 e. The van der Waals surface area contributed by atoms with Gasteiger partial charge in [-0.3, -0.25) is 4.68 Å². The van der Waals surface area contributed by atoms with Crippen molar-refractivity contribution in [2.45, 2.75) is 6.92 Å². The highest BCUT2D eigenvalue weighted by Gasteiger charge is 2.08. The number of hydrogen-bond acceptors (Lipinski definition) is 6. The van der Waals surface area contributed by atoms with E-state index in [0.717, 1.165) is 0 Å². The molecule has 2 aromatic rings. The molecule has 0 amide bonds. The molecular formula is C11H12N4O3. The fourth-order valence-corrected chi connectivity index (χ4v) is 1.24. The summed E-state index contributed by atoms with van der Waals surface area (Å²) in [6, 6.07) is 3.33. The Morgan fingerprint density at radius 3 is 2.78 bits per heavy atom. The first-order valence-corrected chi connectivity index (χ1v) is 5.35. The molecule has 0 saturated carbocycles. The monoisotopic (exact) mass is 248 g/mol. The number of nitrogens with zero attached hydrogens (tertiary/aromatic N) is 4. The van der Waals surface area contributed by atoms with Crippen LogP contribution >= 0.6 is 0 Å². The van der Waals surface area contributed by atoms with Gasteiger partial charge in [0.25, 0.3) is 0 Å². The lowest BCUT2D eigenvalue weighted by molar-refractivity contribution is 0.0526. The molecule has 0 radical (unpaired) electrons. The Morgan fingerprint density at radius 1 is 1.39 bits per heavy atom. The molecule has 0 aliphatic rings. The zero-order chi connectivity index (χ0) is 13.0. The van der Waals surface area contributed by atoms with Crippen molar-refractivity contribution in [1.82, 2.24) is 19.7 Å². The van der Waals surface area contributed by atoms with Crippen molar-refractivity contribution in [2.75, 3.05) is 6.61 Å².